The molecular formula is C28H28ClF3N6O3S. The third kappa shape index (κ3) is 6.31. The van der Waals surface area contributed by atoms with Crippen molar-refractivity contribution in [2.75, 3.05) is 21.7 Å². The van der Waals surface area contributed by atoms with E-state index in [0.29, 0.717) is 40.5 Å². The minimum Gasteiger partial charge on any atom is -0.348 e. The third-order valence-corrected chi connectivity index (χ3v) is 9.66. The van der Waals surface area contributed by atoms with Crippen LogP contribution in [0.2, 0.25) is 5.02 Å². The summed E-state index contributed by atoms with van der Waals surface area (Å²) in [6.07, 6.45) is -1.86. The van der Waals surface area contributed by atoms with Crippen molar-refractivity contribution in [3.8, 4) is 0 Å². The summed E-state index contributed by atoms with van der Waals surface area (Å²) in [6.45, 7) is 3.47. The predicted octanol–water partition coefficient (Wildman–Crippen LogP) is 6.81. The maximum atomic E-state index is 14.3. The maximum absolute atomic E-state index is 14.3. The number of alkyl halides is 3. The Morgan fingerprint density at radius 2 is 1.83 bits per heavy atom. The zero-order valence-electron chi connectivity index (χ0n) is 22.7. The number of imide groups is 1. The quantitative estimate of drug-likeness (QED) is 0.315. The zero-order valence-corrected chi connectivity index (χ0v) is 24.3. The number of hydrogen-bond donors (Lipinski definition) is 2. The van der Waals surface area contributed by atoms with Crippen LogP contribution >= 0.6 is 11.6 Å². The van der Waals surface area contributed by atoms with E-state index in [-0.39, 0.29) is 23.6 Å². The number of amides is 4. The number of benzene rings is 2. The van der Waals surface area contributed by atoms with Crippen LogP contribution in [0.25, 0.3) is 0 Å². The summed E-state index contributed by atoms with van der Waals surface area (Å²) in [6, 6.07) is 8.40. The molecule has 3 aromatic rings. The van der Waals surface area contributed by atoms with Gasteiger partial charge in [-0.25, -0.2) is 18.7 Å². The van der Waals surface area contributed by atoms with Gasteiger partial charge in [0.25, 0.3) is 0 Å². The minimum absolute atomic E-state index is 0.0481. The van der Waals surface area contributed by atoms with E-state index in [4.69, 9.17) is 11.6 Å². The number of nitrogens with one attached hydrogen (secondary N) is 2. The molecule has 9 nitrogen and oxygen atoms in total. The summed E-state index contributed by atoms with van der Waals surface area (Å²) >= 11 is 6.20. The van der Waals surface area contributed by atoms with Crippen LogP contribution in [0.5, 0.6) is 0 Å². The number of urea groups is 2. The van der Waals surface area contributed by atoms with Gasteiger partial charge in [-0.05, 0) is 79.8 Å². The molecule has 2 N–H and O–H groups in total. The number of hydrogen-bond acceptors (Lipinski definition) is 6. The van der Waals surface area contributed by atoms with E-state index in [2.05, 4.69) is 20.0 Å². The van der Waals surface area contributed by atoms with E-state index in [0.717, 1.165) is 22.6 Å². The number of carbonyl (C=O) groups is 2. The molecule has 0 bridgehead atoms. The van der Waals surface area contributed by atoms with Crippen LogP contribution in [0.15, 0.2) is 59.2 Å². The van der Waals surface area contributed by atoms with Gasteiger partial charge < -0.3 is 5.32 Å². The van der Waals surface area contributed by atoms with Crippen LogP contribution in [-0.4, -0.2) is 44.0 Å². The Kier molecular flexibility index (Phi) is 8.08. The lowest BCUT2D eigenvalue weighted by Gasteiger charge is -2.41. The highest BCUT2D eigenvalue weighted by Gasteiger charge is 2.41. The van der Waals surface area contributed by atoms with Gasteiger partial charge in [0.05, 0.1) is 39.4 Å². The van der Waals surface area contributed by atoms with Gasteiger partial charge in [0.2, 0.25) is 0 Å². The van der Waals surface area contributed by atoms with E-state index in [1.165, 1.54) is 17.2 Å². The number of halogens is 4. The van der Waals surface area contributed by atoms with Crippen molar-refractivity contribution in [3.63, 3.8) is 0 Å². The predicted molar refractivity (Wildman–Crippen MR) is 155 cm³/mol. The zero-order chi connectivity index (χ0) is 30.2. The number of pyridine rings is 1. The highest BCUT2D eigenvalue weighted by molar-refractivity contribution is 7.93. The molecule has 1 aromatic heterocycles. The number of rotatable bonds is 6. The SMILES string of the molecule is Cc1cncc(N2C(=O)NC(Nc3ccc(N=S4(=O)CCCC4)cc3C(F)(F)F)N(Cc3cc(Cl)ccc3C)C2=O)c1. The van der Waals surface area contributed by atoms with Crippen molar-refractivity contribution >= 4 is 50.5 Å². The lowest BCUT2D eigenvalue weighted by molar-refractivity contribution is -0.137. The number of nitrogens with zero attached hydrogens (tertiary/aromatic N) is 4. The molecule has 0 spiro atoms. The lowest BCUT2D eigenvalue weighted by atomic mass is 10.1. The van der Waals surface area contributed by atoms with Gasteiger partial charge in [-0.3, -0.25) is 15.2 Å². The first-order valence-corrected chi connectivity index (χ1v) is 15.3. The fourth-order valence-corrected chi connectivity index (χ4v) is 7.27. The molecule has 2 aromatic carbocycles. The second-order valence-corrected chi connectivity index (χ2v) is 13.2. The molecule has 2 fully saturated rings. The first kappa shape index (κ1) is 29.6. The summed E-state index contributed by atoms with van der Waals surface area (Å²) in [4.78, 5) is 33.2. The van der Waals surface area contributed by atoms with Gasteiger partial charge in [-0.1, -0.05) is 17.7 Å². The van der Waals surface area contributed by atoms with Crippen LogP contribution < -0.4 is 15.5 Å². The number of anilines is 2. The third-order valence-electron chi connectivity index (χ3n) is 7.03. The fraction of sp³-hybridized carbons (Fsp3) is 0.321. The van der Waals surface area contributed by atoms with E-state index >= 15 is 0 Å². The van der Waals surface area contributed by atoms with Crippen molar-refractivity contribution < 1.29 is 27.0 Å². The Labute approximate surface area is 246 Å². The Hall–Kier alpha value is -3.84. The second kappa shape index (κ2) is 11.4. The molecular weight excluding hydrogens is 593 g/mol. The molecule has 0 aliphatic carbocycles. The monoisotopic (exact) mass is 620 g/mol. The molecule has 222 valence electrons. The molecule has 1 atom stereocenters. The highest BCUT2D eigenvalue weighted by Crippen LogP contribution is 2.38. The number of aryl methyl sites for hydroxylation is 2. The molecule has 3 heterocycles. The first-order chi connectivity index (χ1) is 19.8. The van der Waals surface area contributed by atoms with Gasteiger partial charge >= 0.3 is 18.2 Å². The molecule has 2 aliphatic heterocycles. The molecule has 1 unspecified atom stereocenters. The Morgan fingerprint density at radius 3 is 2.52 bits per heavy atom. The van der Waals surface area contributed by atoms with Crippen molar-refractivity contribution in [1.29, 1.82) is 0 Å². The molecule has 0 radical (unpaired) electrons. The normalized spacial score (nSPS) is 18.7. The Bertz CT molecular complexity index is 1660. The molecule has 14 heteroatoms. The van der Waals surface area contributed by atoms with Crippen LogP contribution in [0.1, 0.15) is 35.1 Å². The van der Waals surface area contributed by atoms with Crippen LogP contribution in [0.4, 0.5) is 39.8 Å². The number of carbonyl (C=O) groups excluding carboxylic acids is 2. The van der Waals surface area contributed by atoms with Gasteiger partial charge in [0, 0.05) is 28.4 Å². The lowest BCUT2D eigenvalue weighted by Crippen LogP contribution is -2.67. The van der Waals surface area contributed by atoms with Crippen molar-refractivity contribution in [2.45, 2.75) is 45.7 Å². The van der Waals surface area contributed by atoms with Gasteiger partial charge in [0.1, 0.15) is 0 Å². The summed E-state index contributed by atoms with van der Waals surface area (Å²) in [5.41, 5.74) is 0.807. The fourth-order valence-electron chi connectivity index (χ4n) is 4.88. The van der Waals surface area contributed by atoms with Gasteiger partial charge in [-0.15, -0.1) is 0 Å². The number of aromatic nitrogens is 1. The average molecular weight is 621 g/mol. The molecule has 42 heavy (non-hydrogen) atoms. The molecule has 4 amide bonds. The summed E-state index contributed by atoms with van der Waals surface area (Å²) in [5.74, 6) is 0.685. The second-order valence-electron chi connectivity index (χ2n) is 10.2. The van der Waals surface area contributed by atoms with E-state index in [1.54, 1.807) is 37.4 Å². The van der Waals surface area contributed by atoms with Crippen molar-refractivity contribution in [1.82, 2.24) is 15.2 Å². The Morgan fingerprint density at radius 1 is 1.10 bits per heavy atom. The average Bonchev–Trinajstić information content (AvgIpc) is 3.34. The molecule has 2 aliphatic rings. The standard InChI is InChI=1S/C28H28ClF3N6O3S/c1-17-11-22(15-33-14-17)38-26(39)35-25(37(27(38)40)16-19-12-20(29)6-5-18(19)2)34-24-8-7-21(13-23(24)28(30,31)32)36-42(41)9-3-4-10-42/h5-8,11-15,25,34H,3-4,9-10,16H2,1-2H3,(H,35,39). The maximum Gasteiger partial charge on any atom is 0.418 e. The van der Waals surface area contributed by atoms with E-state index in [9.17, 15) is 27.0 Å². The van der Waals surface area contributed by atoms with Crippen molar-refractivity contribution in [3.05, 3.63) is 82.1 Å². The molecule has 2 saturated heterocycles. The minimum atomic E-state index is -4.81. The van der Waals surface area contributed by atoms with Gasteiger partial charge in [-0.2, -0.15) is 17.5 Å². The van der Waals surface area contributed by atoms with Crippen LogP contribution in [0.3, 0.4) is 0 Å². The molecule has 5 rings (SSSR count). The van der Waals surface area contributed by atoms with Crippen molar-refractivity contribution in [2.24, 2.45) is 4.36 Å². The summed E-state index contributed by atoms with van der Waals surface area (Å²) in [7, 11) is -2.60. The summed E-state index contributed by atoms with van der Waals surface area (Å²) < 4.78 is 59.8. The largest absolute Gasteiger partial charge is 0.418 e. The smallest absolute Gasteiger partial charge is 0.348 e. The van der Waals surface area contributed by atoms with Crippen LogP contribution in [-0.2, 0) is 22.5 Å². The van der Waals surface area contributed by atoms with Crippen LogP contribution in [0, 0.1) is 13.8 Å². The Balaban J connectivity index is 1.54. The highest BCUT2D eigenvalue weighted by atomic mass is 35.5. The van der Waals surface area contributed by atoms with E-state index in [1.807, 2.05) is 6.92 Å². The molecule has 0 saturated carbocycles. The summed E-state index contributed by atoms with van der Waals surface area (Å²) in [5, 5.41) is 5.72. The van der Waals surface area contributed by atoms with Gasteiger partial charge in [0.15, 0.2) is 6.29 Å². The topological polar surface area (TPSA) is 107 Å². The van der Waals surface area contributed by atoms with E-state index < -0.39 is 39.8 Å². The first-order valence-electron chi connectivity index (χ1n) is 13.1.